The number of carbonyl (C=O) groups excluding carboxylic acids is 2. The number of sulfone groups is 1. The van der Waals surface area contributed by atoms with Crippen molar-refractivity contribution < 1.29 is 27.5 Å². The fourth-order valence-electron chi connectivity index (χ4n) is 2.82. The molecule has 0 saturated carbocycles. The molecule has 1 aromatic rings. The van der Waals surface area contributed by atoms with E-state index in [-0.39, 0.29) is 17.9 Å². The van der Waals surface area contributed by atoms with Crippen LogP contribution < -0.4 is 0 Å². The summed E-state index contributed by atoms with van der Waals surface area (Å²) in [5.74, 6) is -0.655. The Kier molecular flexibility index (Phi) is 5.65. The maximum atomic E-state index is 12.9. The van der Waals surface area contributed by atoms with E-state index in [4.69, 9.17) is 9.47 Å². The molecule has 2 atom stereocenters. The highest BCUT2D eigenvalue weighted by Gasteiger charge is 2.47. The molecule has 0 N–H and O–H groups in total. The predicted molar refractivity (Wildman–Crippen MR) is 95.5 cm³/mol. The van der Waals surface area contributed by atoms with E-state index in [9.17, 15) is 18.0 Å². The number of esters is 1. The number of amides is 1. The number of likely N-dealkylation sites (tertiary alicyclic amines) is 1. The third-order valence-electron chi connectivity index (χ3n) is 4.15. The van der Waals surface area contributed by atoms with Gasteiger partial charge in [-0.2, -0.15) is 0 Å². The quantitative estimate of drug-likeness (QED) is 0.744. The minimum atomic E-state index is -3.70. The van der Waals surface area contributed by atoms with Crippen molar-refractivity contribution in [3.05, 3.63) is 29.8 Å². The molecule has 1 heterocycles. The van der Waals surface area contributed by atoms with Gasteiger partial charge in [0.15, 0.2) is 9.84 Å². The van der Waals surface area contributed by atoms with Crippen LogP contribution in [0.1, 0.15) is 32.8 Å². The van der Waals surface area contributed by atoms with Crippen LogP contribution in [0.4, 0.5) is 4.79 Å². The number of methoxy groups -OCH3 is 1. The van der Waals surface area contributed by atoms with Crippen molar-refractivity contribution in [3.63, 3.8) is 0 Å². The van der Waals surface area contributed by atoms with Gasteiger partial charge in [-0.25, -0.2) is 18.0 Å². The van der Waals surface area contributed by atoms with Gasteiger partial charge in [-0.15, -0.1) is 0 Å². The largest absolute Gasteiger partial charge is 0.467 e. The minimum Gasteiger partial charge on any atom is -0.467 e. The molecule has 0 radical (unpaired) electrons. The highest BCUT2D eigenvalue weighted by atomic mass is 32.2. The maximum Gasteiger partial charge on any atom is 0.411 e. The molecule has 1 amide bonds. The second-order valence-corrected chi connectivity index (χ2v) is 9.62. The Balaban J connectivity index is 2.30. The van der Waals surface area contributed by atoms with E-state index in [2.05, 4.69) is 0 Å². The molecular weight excluding hydrogens is 358 g/mol. The average molecular weight is 383 g/mol. The number of hydrogen-bond donors (Lipinski definition) is 0. The maximum absolute atomic E-state index is 12.9. The Morgan fingerprint density at radius 3 is 2.23 bits per heavy atom. The van der Waals surface area contributed by atoms with Gasteiger partial charge in [0, 0.05) is 6.54 Å². The molecule has 144 valence electrons. The number of benzene rings is 1. The number of rotatable bonds is 3. The summed E-state index contributed by atoms with van der Waals surface area (Å²) in [5, 5.41) is -0.901. The first-order chi connectivity index (χ1) is 12.0. The van der Waals surface area contributed by atoms with Gasteiger partial charge >= 0.3 is 12.1 Å². The lowest BCUT2D eigenvalue weighted by Gasteiger charge is -2.27. The Morgan fingerprint density at radius 1 is 1.15 bits per heavy atom. The first-order valence-corrected chi connectivity index (χ1v) is 9.88. The number of carbonyl (C=O) groups is 2. The molecule has 1 aromatic carbocycles. The van der Waals surface area contributed by atoms with Gasteiger partial charge in [-0.3, -0.25) is 4.90 Å². The van der Waals surface area contributed by atoms with Gasteiger partial charge in [0.2, 0.25) is 0 Å². The number of ether oxygens (including phenoxy) is 2. The summed E-state index contributed by atoms with van der Waals surface area (Å²) in [6.45, 7) is 6.85. The van der Waals surface area contributed by atoms with Crippen molar-refractivity contribution in [2.45, 2.75) is 55.9 Å². The van der Waals surface area contributed by atoms with Crippen LogP contribution in [0, 0.1) is 6.92 Å². The summed E-state index contributed by atoms with van der Waals surface area (Å²) >= 11 is 0. The summed E-state index contributed by atoms with van der Waals surface area (Å²) in [6, 6.07) is 5.51. The fraction of sp³-hybridized carbons (Fsp3) is 0.556. The van der Waals surface area contributed by atoms with Gasteiger partial charge in [-0.05, 0) is 46.2 Å². The zero-order valence-electron chi connectivity index (χ0n) is 15.7. The second kappa shape index (κ2) is 7.26. The van der Waals surface area contributed by atoms with Crippen LogP contribution in [0.5, 0.6) is 0 Å². The van der Waals surface area contributed by atoms with Gasteiger partial charge in [0.1, 0.15) is 11.6 Å². The molecule has 26 heavy (non-hydrogen) atoms. The van der Waals surface area contributed by atoms with Crippen LogP contribution in [0.25, 0.3) is 0 Å². The topological polar surface area (TPSA) is 90.0 Å². The van der Waals surface area contributed by atoms with Crippen LogP contribution in [0.3, 0.4) is 0 Å². The molecule has 8 heteroatoms. The lowest BCUT2D eigenvalue weighted by atomic mass is 10.2. The molecule has 2 rings (SSSR count). The SMILES string of the molecule is COC(=O)[C@@H]1C[C@H](S(=O)(=O)c2ccc(C)cc2)CN1C(=O)OC(C)(C)C. The van der Waals surface area contributed by atoms with Crippen molar-refractivity contribution in [3.8, 4) is 0 Å². The van der Waals surface area contributed by atoms with Gasteiger partial charge in [0.25, 0.3) is 0 Å². The second-order valence-electron chi connectivity index (χ2n) is 7.39. The summed E-state index contributed by atoms with van der Waals surface area (Å²) in [7, 11) is -2.49. The van der Waals surface area contributed by atoms with Gasteiger partial charge < -0.3 is 9.47 Å². The third kappa shape index (κ3) is 4.35. The van der Waals surface area contributed by atoms with Gasteiger partial charge in [-0.1, -0.05) is 17.7 Å². The van der Waals surface area contributed by atoms with E-state index < -0.39 is 38.8 Å². The zero-order chi connectivity index (χ0) is 19.7. The van der Waals surface area contributed by atoms with E-state index in [1.54, 1.807) is 32.9 Å². The van der Waals surface area contributed by atoms with E-state index in [1.165, 1.54) is 19.2 Å². The highest BCUT2D eigenvalue weighted by Crippen LogP contribution is 2.30. The Morgan fingerprint density at radius 2 is 1.73 bits per heavy atom. The minimum absolute atomic E-state index is 0.0257. The third-order valence-corrected chi connectivity index (χ3v) is 6.30. The first-order valence-electron chi connectivity index (χ1n) is 8.33. The Labute approximate surface area is 154 Å². The number of nitrogens with zero attached hydrogens (tertiary/aromatic N) is 1. The number of hydrogen-bond acceptors (Lipinski definition) is 6. The van der Waals surface area contributed by atoms with E-state index in [0.29, 0.717) is 0 Å². The lowest BCUT2D eigenvalue weighted by Crippen LogP contribution is -2.44. The van der Waals surface area contributed by atoms with Crippen molar-refractivity contribution in [2.24, 2.45) is 0 Å². The smallest absolute Gasteiger partial charge is 0.411 e. The molecule has 0 aromatic heterocycles. The van der Waals surface area contributed by atoms with Crippen LogP contribution in [-0.4, -0.2) is 55.9 Å². The van der Waals surface area contributed by atoms with Crippen molar-refractivity contribution >= 4 is 21.9 Å². The summed E-state index contributed by atoms with van der Waals surface area (Å²) < 4.78 is 35.9. The molecule has 0 bridgehead atoms. The fourth-order valence-corrected chi connectivity index (χ4v) is 4.52. The molecular formula is C18H25NO6S. The van der Waals surface area contributed by atoms with Gasteiger partial charge in [0.05, 0.1) is 17.3 Å². The predicted octanol–water partition coefficient (Wildman–Crippen LogP) is 2.32. The number of aryl methyl sites for hydroxylation is 1. The molecule has 0 unspecified atom stereocenters. The van der Waals surface area contributed by atoms with Crippen LogP contribution in [0.2, 0.25) is 0 Å². The lowest BCUT2D eigenvalue weighted by molar-refractivity contribution is -0.145. The van der Waals surface area contributed by atoms with Crippen molar-refractivity contribution in [1.29, 1.82) is 0 Å². The molecule has 0 aliphatic carbocycles. The Bertz CT molecular complexity index is 779. The van der Waals surface area contributed by atoms with E-state index in [0.717, 1.165) is 10.5 Å². The molecule has 1 fully saturated rings. The zero-order valence-corrected chi connectivity index (χ0v) is 16.5. The van der Waals surface area contributed by atoms with Crippen LogP contribution in [0.15, 0.2) is 29.2 Å². The summed E-state index contributed by atoms with van der Waals surface area (Å²) in [6.07, 6.45) is -0.753. The molecule has 1 saturated heterocycles. The first kappa shape index (κ1) is 20.2. The van der Waals surface area contributed by atoms with Crippen LogP contribution in [-0.2, 0) is 24.1 Å². The standard InChI is InChI=1S/C18H25NO6S/c1-12-6-8-13(9-7-12)26(22,23)14-10-15(16(20)24-5)19(11-14)17(21)25-18(2,3)4/h6-9,14-15H,10-11H2,1-5H3/t14-,15-/m0/s1. The average Bonchev–Trinajstić information content (AvgIpc) is 2.99. The molecule has 1 aliphatic rings. The molecule has 7 nitrogen and oxygen atoms in total. The van der Waals surface area contributed by atoms with E-state index in [1.807, 2.05) is 6.92 Å². The summed E-state index contributed by atoms with van der Waals surface area (Å²) in [4.78, 5) is 25.8. The molecule has 1 aliphatic heterocycles. The van der Waals surface area contributed by atoms with Crippen LogP contribution >= 0.6 is 0 Å². The monoisotopic (exact) mass is 383 g/mol. The van der Waals surface area contributed by atoms with E-state index >= 15 is 0 Å². The summed E-state index contributed by atoms with van der Waals surface area (Å²) in [5.41, 5.74) is 0.185. The highest BCUT2D eigenvalue weighted by molar-refractivity contribution is 7.92. The van der Waals surface area contributed by atoms with Crippen molar-refractivity contribution in [2.75, 3.05) is 13.7 Å². The normalized spacial score (nSPS) is 20.7. The Hall–Kier alpha value is -2.09. The molecule has 0 spiro atoms. The van der Waals surface area contributed by atoms with Crippen molar-refractivity contribution in [1.82, 2.24) is 4.90 Å².